The molecule has 2 heterocycles. The second-order valence-electron chi connectivity index (χ2n) is 5.79. The van der Waals surface area contributed by atoms with E-state index < -0.39 is 5.97 Å². The van der Waals surface area contributed by atoms with E-state index in [1.807, 2.05) is 28.0 Å². The van der Waals surface area contributed by atoms with Gasteiger partial charge in [0.1, 0.15) is 0 Å². The highest BCUT2D eigenvalue weighted by Gasteiger charge is 2.31. The average Bonchev–Trinajstić information content (AvgIpc) is 3.05. The number of aliphatic carboxylic acids is 1. The summed E-state index contributed by atoms with van der Waals surface area (Å²) in [6.07, 6.45) is 2.88. The van der Waals surface area contributed by atoms with Crippen molar-refractivity contribution in [3.05, 3.63) is 29.8 Å². The molecule has 5 nitrogen and oxygen atoms in total. The van der Waals surface area contributed by atoms with Crippen LogP contribution in [-0.4, -0.2) is 47.6 Å². The molecule has 0 bridgehead atoms. The summed E-state index contributed by atoms with van der Waals surface area (Å²) < 4.78 is 0. The molecule has 3 rings (SSSR count). The monoisotopic (exact) mass is 288 g/mol. The number of fused-ring (bicyclic) bond motifs is 1. The van der Waals surface area contributed by atoms with E-state index >= 15 is 0 Å². The zero-order valence-electron chi connectivity index (χ0n) is 12.0. The van der Waals surface area contributed by atoms with Crippen LogP contribution in [0.5, 0.6) is 0 Å². The van der Waals surface area contributed by atoms with Gasteiger partial charge in [0.05, 0.1) is 13.0 Å². The Balaban J connectivity index is 1.66. The number of nitrogens with zero attached hydrogens (tertiary/aromatic N) is 2. The number of carboxylic acid groups (broad SMARTS) is 1. The molecule has 112 valence electrons. The molecule has 1 fully saturated rings. The van der Waals surface area contributed by atoms with Crippen LogP contribution in [0, 0.1) is 0 Å². The Labute approximate surface area is 124 Å². The number of carbonyl (C=O) groups excluding carboxylic acids is 1. The molecule has 0 aliphatic carbocycles. The third-order valence-electron chi connectivity index (χ3n) is 4.44. The fraction of sp³-hybridized carbons (Fsp3) is 0.500. The first-order chi connectivity index (χ1) is 10.1. The standard InChI is InChI=1S/C16H20N2O3/c19-15(11-17-8-3-5-13(17)10-16(20)21)18-9-7-12-4-1-2-6-14(12)18/h1-2,4,6,13H,3,5,7-11H2,(H,20,21). The van der Waals surface area contributed by atoms with Gasteiger partial charge in [0.25, 0.3) is 0 Å². The summed E-state index contributed by atoms with van der Waals surface area (Å²) in [5.41, 5.74) is 2.23. The fourth-order valence-electron chi connectivity index (χ4n) is 3.39. The number of para-hydroxylation sites is 1. The van der Waals surface area contributed by atoms with Crippen LogP contribution in [0.4, 0.5) is 5.69 Å². The molecule has 1 N–H and O–H groups in total. The van der Waals surface area contributed by atoms with Gasteiger partial charge >= 0.3 is 5.97 Å². The van der Waals surface area contributed by atoms with Gasteiger partial charge in [0.2, 0.25) is 5.91 Å². The second-order valence-corrected chi connectivity index (χ2v) is 5.79. The lowest BCUT2D eigenvalue weighted by atomic mass is 10.1. The summed E-state index contributed by atoms with van der Waals surface area (Å²) in [7, 11) is 0. The van der Waals surface area contributed by atoms with E-state index in [-0.39, 0.29) is 18.4 Å². The number of carbonyl (C=O) groups is 2. The third-order valence-corrected chi connectivity index (χ3v) is 4.44. The number of hydrogen-bond acceptors (Lipinski definition) is 3. The van der Waals surface area contributed by atoms with Crippen molar-refractivity contribution in [3.8, 4) is 0 Å². The highest BCUT2D eigenvalue weighted by Crippen LogP contribution is 2.28. The van der Waals surface area contributed by atoms with Gasteiger partial charge in [-0.25, -0.2) is 0 Å². The third kappa shape index (κ3) is 2.93. The van der Waals surface area contributed by atoms with E-state index in [4.69, 9.17) is 5.11 Å². The molecule has 0 aromatic heterocycles. The molecule has 21 heavy (non-hydrogen) atoms. The quantitative estimate of drug-likeness (QED) is 0.912. The zero-order valence-corrected chi connectivity index (χ0v) is 12.0. The molecule has 2 aliphatic rings. The Morgan fingerprint density at radius 1 is 1.24 bits per heavy atom. The number of benzene rings is 1. The van der Waals surface area contributed by atoms with Crippen molar-refractivity contribution in [3.63, 3.8) is 0 Å². The molecule has 0 spiro atoms. The summed E-state index contributed by atoms with van der Waals surface area (Å²) >= 11 is 0. The zero-order chi connectivity index (χ0) is 14.8. The molecule has 2 aliphatic heterocycles. The predicted octanol–water partition coefficient (Wildman–Crippen LogP) is 1.51. The van der Waals surface area contributed by atoms with Crippen LogP contribution in [-0.2, 0) is 16.0 Å². The summed E-state index contributed by atoms with van der Waals surface area (Å²) in [5, 5.41) is 8.95. The molecule has 0 radical (unpaired) electrons. The lowest BCUT2D eigenvalue weighted by Crippen LogP contribution is -2.42. The first-order valence-corrected chi connectivity index (χ1v) is 7.49. The molecular formula is C16H20N2O3. The van der Waals surface area contributed by atoms with Crippen LogP contribution < -0.4 is 4.90 Å². The van der Waals surface area contributed by atoms with Gasteiger partial charge in [0.15, 0.2) is 0 Å². The smallest absolute Gasteiger partial charge is 0.304 e. The highest BCUT2D eigenvalue weighted by atomic mass is 16.4. The summed E-state index contributed by atoms with van der Waals surface area (Å²) in [6, 6.07) is 8.00. The van der Waals surface area contributed by atoms with Crippen LogP contribution in [0.2, 0.25) is 0 Å². The fourth-order valence-corrected chi connectivity index (χ4v) is 3.39. The van der Waals surface area contributed by atoms with Crippen molar-refractivity contribution in [1.29, 1.82) is 0 Å². The summed E-state index contributed by atoms with van der Waals surface area (Å²) in [5.74, 6) is -0.705. The maximum absolute atomic E-state index is 12.5. The molecule has 5 heteroatoms. The molecule has 1 unspecified atom stereocenters. The van der Waals surface area contributed by atoms with Crippen LogP contribution in [0.1, 0.15) is 24.8 Å². The van der Waals surface area contributed by atoms with Crippen molar-refractivity contribution >= 4 is 17.6 Å². The molecule has 1 aromatic carbocycles. The maximum atomic E-state index is 12.5. The number of amides is 1. The normalized spacial score (nSPS) is 21.5. The first kappa shape index (κ1) is 14.1. The molecule has 1 aromatic rings. The van der Waals surface area contributed by atoms with Gasteiger partial charge in [-0.05, 0) is 37.4 Å². The predicted molar refractivity (Wildman–Crippen MR) is 79.3 cm³/mol. The van der Waals surface area contributed by atoms with Crippen LogP contribution in [0.3, 0.4) is 0 Å². The number of rotatable bonds is 4. The minimum atomic E-state index is -0.786. The van der Waals surface area contributed by atoms with Gasteiger partial charge < -0.3 is 10.0 Å². The van der Waals surface area contributed by atoms with Gasteiger partial charge in [-0.15, -0.1) is 0 Å². The Kier molecular flexibility index (Phi) is 3.92. The van der Waals surface area contributed by atoms with E-state index in [0.29, 0.717) is 6.54 Å². The van der Waals surface area contributed by atoms with Crippen LogP contribution in [0.25, 0.3) is 0 Å². The van der Waals surface area contributed by atoms with Crippen molar-refractivity contribution in [2.75, 3.05) is 24.5 Å². The minimum absolute atomic E-state index is 0.00398. The lowest BCUT2D eigenvalue weighted by Gasteiger charge is -2.25. The lowest BCUT2D eigenvalue weighted by molar-refractivity contribution is -0.138. The van der Waals surface area contributed by atoms with Crippen molar-refractivity contribution in [2.24, 2.45) is 0 Å². The van der Waals surface area contributed by atoms with Crippen molar-refractivity contribution < 1.29 is 14.7 Å². The summed E-state index contributed by atoms with van der Waals surface area (Å²) in [4.78, 5) is 27.3. The molecule has 1 saturated heterocycles. The summed E-state index contributed by atoms with van der Waals surface area (Å²) in [6.45, 7) is 1.88. The number of anilines is 1. The Morgan fingerprint density at radius 2 is 2.05 bits per heavy atom. The second kappa shape index (κ2) is 5.85. The van der Waals surface area contributed by atoms with Gasteiger partial charge in [-0.1, -0.05) is 18.2 Å². The largest absolute Gasteiger partial charge is 0.481 e. The Hall–Kier alpha value is -1.88. The number of carboxylic acids is 1. The maximum Gasteiger partial charge on any atom is 0.304 e. The minimum Gasteiger partial charge on any atom is -0.481 e. The average molecular weight is 288 g/mol. The van der Waals surface area contributed by atoms with Crippen molar-refractivity contribution in [1.82, 2.24) is 4.90 Å². The van der Waals surface area contributed by atoms with E-state index in [1.165, 1.54) is 5.56 Å². The molecule has 1 amide bonds. The molecule has 0 saturated carbocycles. The number of hydrogen-bond donors (Lipinski definition) is 1. The van der Waals surface area contributed by atoms with Gasteiger partial charge in [0, 0.05) is 18.3 Å². The highest BCUT2D eigenvalue weighted by molar-refractivity contribution is 5.96. The molecule has 1 atom stereocenters. The van der Waals surface area contributed by atoms with E-state index in [9.17, 15) is 9.59 Å². The van der Waals surface area contributed by atoms with Gasteiger partial charge in [-0.3, -0.25) is 14.5 Å². The van der Waals surface area contributed by atoms with E-state index in [0.717, 1.165) is 38.0 Å². The number of likely N-dealkylation sites (tertiary alicyclic amines) is 1. The molecular weight excluding hydrogens is 268 g/mol. The van der Waals surface area contributed by atoms with Gasteiger partial charge in [-0.2, -0.15) is 0 Å². The van der Waals surface area contributed by atoms with Crippen LogP contribution in [0.15, 0.2) is 24.3 Å². The first-order valence-electron chi connectivity index (χ1n) is 7.49. The topological polar surface area (TPSA) is 60.9 Å². The Bertz CT molecular complexity index is 558. The Morgan fingerprint density at radius 3 is 2.86 bits per heavy atom. The van der Waals surface area contributed by atoms with Crippen LogP contribution >= 0.6 is 0 Å². The van der Waals surface area contributed by atoms with Crippen molar-refractivity contribution in [2.45, 2.75) is 31.7 Å². The SMILES string of the molecule is O=C(O)CC1CCCN1CC(=O)N1CCc2ccccc21. The van der Waals surface area contributed by atoms with E-state index in [1.54, 1.807) is 0 Å². The van der Waals surface area contributed by atoms with E-state index in [2.05, 4.69) is 6.07 Å².